The van der Waals surface area contributed by atoms with Crippen molar-refractivity contribution >= 4 is 10.9 Å². The minimum absolute atomic E-state index is 0.533. The van der Waals surface area contributed by atoms with E-state index in [2.05, 4.69) is 43.6 Å². The van der Waals surface area contributed by atoms with E-state index in [1.807, 2.05) is 11.7 Å². The van der Waals surface area contributed by atoms with Crippen LogP contribution in [0, 0.1) is 0 Å². The molecule has 0 radical (unpaired) electrons. The standard InChI is InChI=1S/C17H27N3/c1-4-5-6-7-10-14(18-2)13-16-15-11-8-9-12-17(15)20(3)19-16/h8-9,11-12,14,18H,4-7,10,13H2,1-3H3. The highest BCUT2D eigenvalue weighted by Crippen LogP contribution is 2.20. The van der Waals surface area contributed by atoms with Crippen molar-refractivity contribution in [1.29, 1.82) is 0 Å². The molecule has 3 heteroatoms. The number of hydrogen-bond donors (Lipinski definition) is 1. The molecule has 1 aromatic heterocycles. The Morgan fingerprint density at radius 1 is 1.20 bits per heavy atom. The Hall–Kier alpha value is -1.35. The molecule has 1 unspecified atom stereocenters. The third-order valence-electron chi connectivity index (χ3n) is 4.09. The van der Waals surface area contributed by atoms with Gasteiger partial charge in [0.05, 0.1) is 11.2 Å². The lowest BCUT2D eigenvalue weighted by Gasteiger charge is -2.14. The summed E-state index contributed by atoms with van der Waals surface area (Å²) in [5.74, 6) is 0. The number of hydrogen-bond acceptors (Lipinski definition) is 2. The summed E-state index contributed by atoms with van der Waals surface area (Å²) in [5, 5.41) is 9.45. The van der Waals surface area contributed by atoms with Gasteiger partial charge in [-0.15, -0.1) is 0 Å². The molecular formula is C17H27N3. The molecule has 0 fully saturated rings. The zero-order valence-corrected chi connectivity index (χ0v) is 13.0. The normalized spacial score (nSPS) is 12.9. The van der Waals surface area contributed by atoms with Gasteiger partial charge in [-0.3, -0.25) is 4.68 Å². The minimum atomic E-state index is 0.533. The second-order valence-corrected chi connectivity index (χ2v) is 5.63. The summed E-state index contributed by atoms with van der Waals surface area (Å²) < 4.78 is 1.99. The van der Waals surface area contributed by atoms with E-state index in [0.717, 1.165) is 6.42 Å². The number of nitrogens with one attached hydrogen (secondary N) is 1. The van der Waals surface area contributed by atoms with Crippen molar-refractivity contribution in [3.8, 4) is 0 Å². The van der Waals surface area contributed by atoms with Crippen molar-refractivity contribution in [2.24, 2.45) is 7.05 Å². The first-order valence-corrected chi connectivity index (χ1v) is 7.84. The van der Waals surface area contributed by atoms with Crippen molar-refractivity contribution in [3.63, 3.8) is 0 Å². The van der Waals surface area contributed by atoms with Crippen LogP contribution in [0.4, 0.5) is 0 Å². The Morgan fingerprint density at radius 3 is 2.75 bits per heavy atom. The summed E-state index contributed by atoms with van der Waals surface area (Å²) >= 11 is 0. The van der Waals surface area contributed by atoms with E-state index >= 15 is 0 Å². The molecule has 0 aliphatic rings. The van der Waals surface area contributed by atoms with Gasteiger partial charge in [-0.2, -0.15) is 5.10 Å². The van der Waals surface area contributed by atoms with E-state index in [1.54, 1.807) is 0 Å². The predicted octanol–water partition coefficient (Wildman–Crippen LogP) is 3.67. The lowest BCUT2D eigenvalue weighted by molar-refractivity contribution is 0.480. The zero-order valence-electron chi connectivity index (χ0n) is 13.0. The first kappa shape index (κ1) is 15.0. The summed E-state index contributed by atoms with van der Waals surface area (Å²) in [7, 11) is 4.09. The van der Waals surface area contributed by atoms with E-state index < -0.39 is 0 Å². The largest absolute Gasteiger partial charge is 0.317 e. The minimum Gasteiger partial charge on any atom is -0.317 e. The quantitative estimate of drug-likeness (QED) is 0.744. The molecule has 1 aromatic carbocycles. The number of para-hydroxylation sites is 1. The number of fused-ring (bicyclic) bond motifs is 1. The molecular weight excluding hydrogens is 246 g/mol. The number of benzene rings is 1. The van der Waals surface area contributed by atoms with Crippen LogP contribution < -0.4 is 5.32 Å². The summed E-state index contributed by atoms with van der Waals surface area (Å²) in [5.41, 5.74) is 2.45. The summed E-state index contributed by atoms with van der Waals surface area (Å²) in [4.78, 5) is 0. The van der Waals surface area contributed by atoms with Gasteiger partial charge in [0.25, 0.3) is 0 Å². The Bertz CT molecular complexity index is 530. The number of aromatic nitrogens is 2. The molecule has 2 aromatic rings. The highest BCUT2D eigenvalue weighted by molar-refractivity contribution is 5.81. The molecule has 0 amide bonds. The molecule has 110 valence electrons. The lowest BCUT2D eigenvalue weighted by Crippen LogP contribution is -2.27. The molecule has 20 heavy (non-hydrogen) atoms. The van der Waals surface area contributed by atoms with Crippen LogP contribution in [0.5, 0.6) is 0 Å². The monoisotopic (exact) mass is 273 g/mol. The molecule has 0 spiro atoms. The third kappa shape index (κ3) is 3.60. The number of nitrogens with zero attached hydrogens (tertiary/aromatic N) is 2. The molecule has 1 atom stereocenters. The third-order valence-corrected chi connectivity index (χ3v) is 4.09. The smallest absolute Gasteiger partial charge is 0.0718 e. The van der Waals surface area contributed by atoms with E-state index in [0.29, 0.717) is 6.04 Å². The van der Waals surface area contributed by atoms with E-state index in [-0.39, 0.29) is 0 Å². The maximum Gasteiger partial charge on any atom is 0.0718 e. The van der Waals surface area contributed by atoms with Gasteiger partial charge in [0.2, 0.25) is 0 Å². The second-order valence-electron chi connectivity index (χ2n) is 5.63. The van der Waals surface area contributed by atoms with Crippen molar-refractivity contribution < 1.29 is 0 Å². The predicted molar refractivity (Wildman–Crippen MR) is 86.0 cm³/mol. The van der Waals surface area contributed by atoms with Crippen molar-refractivity contribution in [2.75, 3.05) is 7.05 Å². The molecule has 3 nitrogen and oxygen atoms in total. The maximum atomic E-state index is 4.70. The molecule has 0 bridgehead atoms. The van der Waals surface area contributed by atoms with Gasteiger partial charge >= 0.3 is 0 Å². The average molecular weight is 273 g/mol. The van der Waals surface area contributed by atoms with E-state index in [1.165, 1.54) is 48.7 Å². The molecule has 0 saturated heterocycles. The van der Waals surface area contributed by atoms with Crippen molar-refractivity contribution in [1.82, 2.24) is 15.1 Å². The maximum absolute atomic E-state index is 4.70. The zero-order chi connectivity index (χ0) is 14.4. The van der Waals surface area contributed by atoms with Gasteiger partial charge in [-0.25, -0.2) is 0 Å². The van der Waals surface area contributed by atoms with Gasteiger partial charge in [0, 0.05) is 24.9 Å². The first-order valence-electron chi connectivity index (χ1n) is 7.84. The molecule has 0 aliphatic carbocycles. The number of aryl methyl sites for hydroxylation is 1. The van der Waals surface area contributed by atoms with Crippen LogP contribution in [0.1, 0.15) is 44.7 Å². The van der Waals surface area contributed by atoms with Crippen molar-refractivity contribution in [2.45, 2.75) is 51.5 Å². The van der Waals surface area contributed by atoms with Crippen LogP contribution in [0.25, 0.3) is 10.9 Å². The highest BCUT2D eigenvalue weighted by atomic mass is 15.3. The van der Waals surface area contributed by atoms with E-state index in [9.17, 15) is 0 Å². The second kappa shape index (κ2) is 7.44. The van der Waals surface area contributed by atoms with Gasteiger partial charge in [-0.05, 0) is 19.5 Å². The van der Waals surface area contributed by atoms with Gasteiger partial charge in [0.15, 0.2) is 0 Å². The Balaban J connectivity index is 2.02. The molecule has 1 heterocycles. The van der Waals surface area contributed by atoms with E-state index in [4.69, 9.17) is 5.10 Å². The van der Waals surface area contributed by atoms with Gasteiger partial charge in [0.1, 0.15) is 0 Å². The molecule has 0 saturated carbocycles. The van der Waals surface area contributed by atoms with Crippen LogP contribution in [0.15, 0.2) is 24.3 Å². The number of likely N-dealkylation sites (N-methyl/N-ethyl adjacent to an activating group) is 1. The highest BCUT2D eigenvalue weighted by Gasteiger charge is 2.13. The fraction of sp³-hybridized carbons (Fsp3) is 0.588. The van der Waals surface area contributed by atoms with Gasteiger partial charge in [-0.1, -0.05) is 50.8 Å². The van der Waals surface area contributed by atoms with Crippen LogP contribution in [-0.2, 0) is 13.5 Å². The van der Waals surface area contributed by atoms with Crippen molar-refractivity contribution in [3.05, 3.63) is 30.0 Å². The Labute approximate surface area is 122 Å². The van der Waals surface area contributed by atoms with Crippen LogP contribution >= 0.6 is 0 Å². The Kier molecular flexibility index (Phi) is 5.60. The lowest BCUT2D eigenvalue weighted by atomic mass is 10.0. The molecule has 1 N–H and O–H groups in total. The fourth-order valence-electron chi connectivity index (χ4n) is 2.84. The summed E-state index contributed by atoms with van der Waals surface area (Å²) in [6, 6.07) is 9.03. The molecule has 2 rings (SSSR count). The number of unbranched alkanes of at least 4 members (excludes halogenated alkanes) is 3. The fourth-order valence-corrected chi connectivity index (χ4v) is 2.84. The number of rotatable bonds is 8. The first-order chi connectivity index (χ1) is 9.76. The van der Waals surface area contributed by atoms with Crippen LogP contribution in [0.2, 0.25) is 0 Å². The SMILES string of the molecule is CCCCCCC(Cc1nn(C)c2ccccc12)NC. The van der Waals surface area contributed by atoms with Crippen LogP contribution in [0.3, 0.4) is 0 Å². The summed E-state index contributed by atoms with van der Waals surface area (Å²) in [6.07, 6.45) is 7.56. The summed E-state index contributed by atoms with van der Waals surface area (Å²) in [6.45, 7) is 2.26. The Morgan fingerprint density at radius 2 is 2.00 bits per heavy atom. The van der Waals surface area contributed by atoms with Crippen LogP contribution in [-0.4, -0.2) is 22.9 Å². The average Bonchev–Trinajstić information content (AvgIpc) is 2.79. The topological polar surface area (TPSA) is 29.9 Å². The van der Waals surface area contributed by atoms with Gasteiger partial charge < -0.3 is 5.32 Å². The molecule has 0 aliphatic heterocycles.